The van der Waals surface area contributed by atoms with Crippen LogP contribution in [0, 0.1) is 0 Å². The Kier molecular flexibility index (Phi) is 26.1. The zero-order valence-corrected chi connectivity index (χ0v) is 33.2. The van der Waals surface area contributed by atoms with Crippen molar-refractivity contribution >= 4 is 12.1 Å². The van der Waals surface area contributed by atoms with Crippen LogP contribution in [0.5, 0.6) is 0 Å². The number of benzene rings is 2. The second kappa shape index (κ2) is 31.0. The van der Waals surface area contributed by atoms with Gasteiger partial charge in [-0.1, -0.05) is 81.1 Å². The lowest BCUT2D eigenvalue weighted by Gasteiger charge is -2.19. The van der Waals surface area contributed by atoms with E-state index in [0.29, 0.717) is 125 Å². The number of rotatable bonds is 35. The molecule has 13 heteroatoms. The number of amides is 1. The smallest absolute Gasteiger partial charge is 0.409 e. The van der Waals surface area contributed by atoms with Crippen LogP contribution < -0.4 is 0 Å². The Hall–Kier alpha value is -3.14. The van der Waals surface area contributed by atoms with Crippen molar-refractivity contribution in [3.05, 3.63) is 59.7 Å². The molecule has 0 fully saturated rings. The molecule has 0 saturated heterocycles. The lowest BCUT2D eigenvalue weighted by molar-refractivity contribution is -0.145. The van der Waals surface area contributed by atoms with Crippen LogP contribution in [0.1, 0.15) is 62.5 Å². The van der Waals surface area contributed by atoms with Gasteiger partial charge in [0.2, 0.25) is 0 Å². The minimum absolute atomic E-state index is 0.0369. The van der Waals surface area contributed by atoms with Gasteiger partial charge in [0.1, 0.15) is 13.2 Å². The summed E-state index contributed by atoms with van der Waals surface area (Å²) in [6.45, 7) is 10.5. The molecule has 2 aromatic rings. The number of fused-ring (bicyclic) bond motifs is 3. The van der Waals surface area contributed by atoms with Crippen molar-refractivity contribution in [1.82, 2.24) is 4.90 Å². The van der Waals surface area contributed by atoms with Gasteiger partial charge < -0.3 is 52.3 Å². The fraction of sp³-hybridized carbons (Fsp3) is 0.667. The maximum Gasteiger partial charge on any atom is 0.409 e. The van der Waals surface area contributed by atoms with Crippen LogP contribution in [0.25, 0.3) is 11.1 Å². The molecule has 1 aliphatic rings. The van der Waals surface area contributed by atoms with Crippen LogP contribution in [0.2, 0.25) is 0 Å². The zero-order valence-electron chi connectivity index (χ0n) is 33.2. The van der Waals surface area contributed by atoms with E-state index in [-0.39, 0.29) is 24.6 Å². The van der Waals surface area contributed by atoms with Gasteiger partial charge in [0, 0.05) is 25.9 Å². The molecule has 13 nitrogen and oxygen atoms in total. The maximum absolute atomic E-state index is 12.6. The van der Waals surface area contributed by atoms with E-state index in [1.807, 2.05) is 24.3 Å². The number of nitrogens with zero attached hydrogens (tertiary/aromatic N) is 1. The number of carbonyl (C=O) groups excluding carboxylic acids is 2. The van der Waals surface area contributed by atoms with Gasteiger partial charge in [0.15, 0.2) is 0 Å². The summed E-state index contributed by atoms with van der Waals surface area (Å²) in [5.74, 6) is -0.114. The quantitative estimate of drug-likeness (QED) is 0.0611. The first-order valence-electron chi connectivity index (χ1n) is 20.0. The van der Waals surface area contributed by atoms with E-state index in [9.17, 15) is 9.59 Å². The lowest BCUT2D eigenvalue weighted by Crippen LogP contribution is -2.32. The van der Waals surface area contributed by atoms with Gasteiger partial charge in [-0.15, -0.1) is 0 Å². The van der Waals surface area contributed by atoms with Crippen LogP contribution in [0.15, 0.2) is 48.5 Å². The Morgan fingerprint density at radius 1 is 0.509 bits per heavy atom. The molecule has 0 aliphatic heterocycles. The molecular weight excluding hydrogens is 710 g/mol. The van der Waals surface area contributed by atoms with Crippen LogP contribution in [0.3, 0.4) is 0 Å². The molecule has 55 heavy (non-hydrogen) atoms. The highest BCUT2D eigenvalue weighted by atomic mass is 16.6. The van der Waals surface area contributed by atoms with Gasteiger partial charge in [-0.2, -0.15) is 0 Å². The van der Waals surface area contributed by atoms with E-state index in [2.05, 4.69) is 31.2 Å². The van der Waals surface area contributed by atoms with Crippen LogP contribution in [-0.2, 0) is 52.2 Å². The summed E-state index contributed by atoms with van der Waals surface area (Å²) in [6.07, 6.45) is 5.68. The van der Waals surface area contributed by atoms with Crippen LogP contribution >= 0.6 is 0 Å². The number of likely N-dealkylation sites (N-methyl/N-ethyl adjacent to an activating group) is 1. The molecule has 2 aromatic carbocycles. The van der Waals surface area contributed by atoms with Crippen LogP contribution in [-0.4, -0.2) is 149 Å². The molecule has 310 valence electrons. The Balaban J connectivity index is 0.979. The summed E-state index contributed by atoms with van der Waals surface area (Å²) in [7, 11) is 1.71. The van der Waals surface area contributed by atoms with E-state index >= 15 is 0 Å². The minimum Gasteiger partial charge on any atom is -0.463 e. The van der Waals surface area contributed by atoms with Crippen molar-refractivity contribution in [3.63, 3.8) is 0 Å². The van der Waals surface area contributed by atoms with Crippen molar-refractivity contribution in [1.29, 1.82) is 0 Å². The van der Waals surface area contributed by atoms with Gasteiger partial charge in [0.05, 0.1) is 106 Å². The third kappa shape index (κ3) is 20.6. The van der Waals surface area contributed by atoms with Gasteiger partial charge in [0.25, 0.3) is 0 Å². The van der Waals surface area contributed by atoms with Crippen molar-refractivity contribution in [2.45, 2.75) is 51.4 Å². The third-order valence-corrected chi connectivity index (χ3v) is 8.80. The number of esters is 1. The lowest BCUT2D eigenvalue weighted by atomic mass is 9.98. The molecule has 0 aromatic heterocycles. The first-order chi connectivity index (χ1) is 27.1. The number of unbranched alkanes of at least 4 members (excludes halogenated alkanes) is 4. The van der Waals surface area contributed by atoms with E-state index in [0.717, 1.165) is 12.8 Å². The highest BCUT2D eigenvalue weighted by Gasteiger charge is 2.29. The maximum atomic E-state index is 12.6. The molecule has 0 saturated carbocycles. The topological polar surface area (TPSA) is 130 Å². The predicted molar refractivity (Wildman–Crippen MR) is 209 cm³/mol. The van der Waals surface area contributed by atoms with Gasteiger partial charge >= 0.3 is 12.1 Å². The molecule has 3 rings (SSSR count). The molecular formula is C42H65NO12. The zero-order chi connectivity index (χ0) is 39.0. The average molecular weight is 776 g/mol. The van der Waals surface area contributed by atoms with Gasteiger partial charge in [-0.05, 0) is 28.7 Å². The van der Waals surface area contributed by atoms with Crippen LogP contribution in [0.4, 0.5) is 4.79 Å². The Labute approximate surface area is 328 Å². The summed E-state index contributed by atoms with van der Waals surface area (Å²) in [4.78, 5) is 25.8. The average Bonchev–Trinajstić information content (AvgIpc) is 3.52. The molecule has 0 atom stereocenters. The fourth-order valence-corrected chi connectivity index (χ4v) is 5.80. The van der Waals surface area contributed by atoms with Gasteiger partial charge in [-0.25, -0.2) is 4.79 Å². The van der Waals surface area contributed by atoms with E-state index in [1.54, 1.807) is 7.05 Å². The minimum atomic E-state index is -0.366. The Bertz CT molecular complexity index is 1240. The molecule has 1 aliphatic carbocycles. The number of hydrogen-bond donors (Lipinski definition) is 0. The van der Waals surface area contributed by atoms with E-state index in [1.165, 1.54) is 46.4 Å². The highest BCUT2D eigenvalue weighted by molar-refractivity contribution is 5.79. The summed E-state index contributed by atoms with van der Waals surface area (Å²) in [5, 5.41) is 0. The summed E-state index contributed by atoms with van der Waals surface area (Å²) in [6, 6.07) is 16.6. The SMILES string of the molecule is CCCCCCCC(=O)OCCOCCOCCOCCOCCOCCOCCOCCOCCN(C)C(=O)OCC1c2ccccc2-c2ccccc21. The second-order valence-corrected chi connectivity index (χ2v) is 13.0. The number of carbonyl (C=O) groups is 2. The molecule has 0 spiro atoms. The van der Waals surface area contributed by atoms with E-state index in [4.69, 9.17) is 47.4 Å². The monoisotopic (exact) mass is 775 g/mol. The summed E-state index contributed by atoms with van der Waals surface area (Å²) >= 11 is 0. The Morgan fingerprint density at radius 2 is 0.909 bits per heavy atom. The van der Waals surface area contributed by atoms with Crippen molar-refractivity contribution in [3.8, 4) is 11.1 Å². The van der Waals surface area contributed by atoms with Gasteiger partial charge in [-0.3, -0.25) is 4.79 Å². The number of ether oxygens (including phenoxy) is 10. The first kappa shape index (κ1) is 46.2. The predicted octanol–water partition coefficient (Wildman–Crippen LogP) is 5.90. The fourth-order valence-electron chi connectivity index (χ4n) is 5.80. The molecule has 0 radical (unpaired) electrons. The molecule has 0 unspecified atom stereocenters. The van der Waals surface area contributed by atoms with E-state index < -0.39 is 0 Å². The Morgan fingerprint density at radius 3 is 1.36 bits per heavy atom. The second-order valence-electron chi connectivity index (χ2n) is 13.0. The molecule has 1 amide bonds. The number of hydrogen-bond acceptors (Lipinski definition) is 12. The summed E-state index contributed by atoms with van der Waals surface area (Å²) in [5.41, 5.74) is 4.79. The normalized spacial score (nSPS) is 12.1. The van der Waals surface area contributed by atoms with Crippen molar-refractivity contribution < 1.29 is 57.0 Å². The standard InChI is InChI=1S/C42H65NO12/c1-3-4-5-6-7-16-41(44)54-34-33-53-32-31-52-30-29-51-28-27-50-26-25-49-24-23-48-22-21-47-20-19-46-18-17-43(2)42(45)55-35-40-38-14-10-8-12-36(38)37-13-9-11-15-39(37)40/h8-15,40H,3-7,16-35H2,1-2H3. The summed E-state index contributed by atoms with van der Waals surface area (Å²) < 4.78 is 54.9. The van der Waals surface area contributed by atoms with Crippen molar-refractivity contribution in [2.75, 3.05) is 133 Å². The highest BCUT2D eigenvalue weighted by Crippen LogP contribution is 2.44. The largest absolute Gasteiger partial charge is 0.463 e. The molecule has 0 bridgehead atoms. The van der Waals surface area contributed by atoms with Crippen molar-refractivity contribution in [2.24, 2.45) is 0 Å². The molecule has 0 heterocycles. The third-order valence-electron chi connectivity index (χ3n) is 8.80. The molecule has 0 N–H and O–H groups in total. The first-order valence-corrected chi connectivity index (χ1v) is 20.0.